The molecule has 0 spiro atoms. The normalized spacial score (nSPS) is 18.0. The summed E-state index contributed by atoms with van der Waals surface area (Å²) in [7, 11) is 1.91. The van der Waals surface area contributed by atoms with Crippen LogP contribution in [0.1, 0.15) is 23.3 Å². The lowest BCUT2D eigenvalue weighted by Crippen LogP contribution is -2.45. The second kappa shape index (κ2) is 6.56. The molecule has 2 aromatic rings. The Balaban J connectivity index is 1.72. The van der Waals surface area contributed by atoms with Crippen molar-refractivity contribution >= 4 is 5.91 Å². The fourth-order valence-electron chi connectivity index (χ4n) is 2.86. The van der Waals surface area contributed by atoms with Crippen LogP contribution in [0.5, 0.6) is 0 Å². The zero-order valence-electron chi connectivity index (χ0n) is 14.1. The van der Waals surface area contributed by atoms with Gasteiger partial charge < -0.3 is 14.2 Å². The van der Waals surface area contributed by atoms with Crippen molar-refractivity contribution in [2.75, 3.05) is 19.7 Å². The van der Waals surface area contributed by atoms with E-state index in [1.54, 1.807) is 17.9 Å². The monoisotopic (exact) mass is 331 g/mol. The summed E-state index contributed by atoms with van der Waals surface area (Å²) in [6, 6.07) is 3.06. The summed E-state index contributed by atoms with van der Waals surface area (Å²) in [6.45, 7) is 5.01. The Bertz CT molecular complexity index is 810. The molecule has 1 saturated heterocycles. The van der Waals surface area contributed by atoms with Gasteiger partial charge in [-0.25, -0.2) is 9.67 Å². The van der Waals surface area contributed by atoms with Crippen molar-refractivity contribution in [1.82, 2.24) is 24.2 Å². The van der Waals surface area contributed by atoms with E-state index in [4.69, 9.17) is 4.74 Å². The van der Waals surface area contributed by atoms with Gasteiger partial charge in [-0.1, -0.05) is 0 Å². The highest BCUT2D eigenvalue weighted by atomic mass is 16.5. The van der Waals surface area contributed by atoms with Crippen molar-refractivity contribution in [2.45, 2.75) is 26.5 Å². The molecule has 2 aromatic heterocycles. The van der Waals surface area contributed by atoms with E-state index in [1.165, 1.54) is 10.7 Å². The van der Waals surface area contributed by atoms with E-state index in [-0.39, 0.29) is 24.1 Å². The van der Waals surface area contributed by atoms with Crippen LogP contribution >= 0.6 is 0 Å². The van der Waals surface area contributed by atoms with Crippen LogP contribution in [0.25, 0.3) is 0 Å². The maximum atomic E-state index is 12.5. The van der Waals surface area contributed by atoms with E-state index in [9.17, 15) is 9.59 Å². The molecule has 0 aromatic carbocycles. The molecule has 1 aliphatic rings. The first kappa shape index (κ1) is 16.4. The van der Waals surface area contributed by atoms with Gasteiger partial charge >= 0.3 is 0 Å². The van der Waals surface area contributed by atoms with E-state index < -0.39 is 0 Å². The predicted molar refractivity (Wildman–Crippen MR) is 86.5 cm³/mol. The van der Waals surface area contributed by atoms with Gasteiger partial charge in [-0.3, -0.25) is 9.59 Å². The molecule has 0 aliphatic carbocycles. The van der Waals surface area contributed by atoms with Crippen molar-refractivity contribution in [3.63, 3.8) is 0 Å². The smallest absolute Gasteiger partial charge is 0.267 e. The quantitative estimate of drug-likeness (QED) is 0.802. The fourth-order valence-corrected chi connectivity index (χ4v) is 2.86. The van der Waals surface area contributed by atoms with E-state index in [0.29, 0.717) is 25.4 Å². The molecule has 1 amide bonds. The van der Waals surface area contributed by atoms with Crippen LogP contribution in [0, 0.1) is 13.8 Å². The lowest BCUT2D eigenvalue weighted by Gasteiger charge is -2.32. The second-order valence-electron chi connectivity index (χ2n) is 6.02. The highest BCUT2D eigenvalue weighted by molar-refractivity contribution is 5.76. The number of nitrogens with zero attached hydrogens (tertiary/aromatic N) is 5. The van der Waals surface area contributed by atoms with Gasteiger partial charge in [0.25, 0.3) is 5.56 Å². The first-order chi connectivity index (χ1) is 11.4. The zero-order valence-corrected chi connectivity index (χ0v) is 14.1. The minimum Gasteiger partial charge on any atom is -0.367 e. The van der Waals surface area contributed by atoms with E-state index >= 15 is 0 Å². The first-order valence-corrected chi connectivity index (χ1v) is 7.88. The number of amides is 1. The molecule has 8 heteroatoms. The van der Waals surface area contributed by atoms with E-state index in [1.807, 2.05) is 24.7 Å². The van der Waals surface area contributed by atoms with Gasteiger partial charge in [-0.2, -0.15) is 5.10 Å². The number of imidazole rings is 1. The molecule has 0 unspecified atom stereocenters. The molecule has 8 nitrogen and oxygen atoms in total. The van der Waals surface area contributed by atoms with Crippen LogP contribution in [-0.2, 0) is 23.1 Å². The summed E-state index contributed by atoms with van der Waals surface area (Å²) in [5, 5.41) is 4.11. The first-order valence-electron chi connectivity index (χ1n) is 7.88. The fraction of sp³-hybridized carbons (Fsp3) is 0.500. The molecule has 0 radical (unpaired) electrons. The van der Waals surface area contributed by atoms with Crippen molar-refractivity contribution < 1.29 is 9.53 Å². The van der Waals surface area contributed by atoms with Crippen LogP contribution in [0.4, 0.5) is 0 Å². The van der Waals surface area contributed by atoms with Crippen molar-refractivity contribution in [1.29, 1.82) is 0 Å². The Morgan fingerprint density at radius 2 is 2.12 bits per heavy atom. The molecule has 1 fully saturated rings. The Morgan fingerprint density at radius 3 is 2.83 bits per heavy atom. The molecule has 24 heavy (non-hydrogen) atoms. The number of hydrogen-bond acceptors (Lipinski definition) is 5. The molecule has 3 rings (SSSR count). The maximum absolute atomic E-state index is 12.5. The van der Waals surface area contributed by atoms with E-state index in [0.717, 1.165) is 11.5 Å². The Labute approximate surface area is 139 Å². The highest BCUT2D eigenvalue weighted by Gasteiger charge is 2.28. The van der Waals surface area contributed by atoms with E-state index in [2.05, 4.69) is 10.1 Å². The number of hydrogen-bond donors (Lipinski definition) is 0. The van der Waals surface area contributed by atoms with Crippen LogP contribution in [0.15, 0.2) is 23.1 Å². The molecule has 0 saturated carbocycles. The van der Waals surface area contributed by atoms with Gasteiger partial charge in [0.1, 0.15) is 18.5 Å². The summed E-state index contributed by atoms with van der Waals surface area (Å²) >= 11 is 0. The molecular formula is C16H21N5O3. The standard InChI is InChI=1S/C16H21N5O3/c1-11-4-5-14(22)21(18-11)10-15(23)20-6-7-24-13(9-20)16-17-12(2)8-19(16)3/h4-5,8,13H,6-7,9-10H2,1-3H3/t13-/m0/s1. The molecule has 1 atom stereocenters. The summed E-state index contributed by atoms with van der Waals surface area (Å²) in [5.41, 5.74) is 1.33. The van der Waals surface area contributed by atoms with Crippen molar-refractivity contribution in [3.8, 4) is 0 Å². The minimum atomic E-state index is -0.279. The third-order valence-corrected chi connectivity index (χ3v) is 4.02. The topological polar surface area (TPSA) is 82.2 Å². The lowest BCUT2D eigenvalue weighted by molar-refractivity contribution is -0.140. The summed E-state index contributed by atoms with van der Waals surface area (Å²) < 4.78 is 8.89. The number of aromatic nitrogens is 4. The number of carbonyl (C=O) groups is 1. The predicted octanol–water partition coefficient (Wildman–Crippen LogP) is 0.194. The summed E-state index contributed by atoms with van der Waals surface area (Å²) in [4.78, 5) is 30.5. The average molecular weight is 331 g/mol. The Morgan fingerprint density at radius 1 is 1.33 bits per heavy atom. The minimum absolute atomic E-state index is 0.0627. The van der Waals surface area contributed by atoms with Gasteiger partial charge in [0.05, 0.1) is 24.5 Å². The number of morpholine rings is 1. The van der Waals surface area contributed by atoms with Gasteiger partial charge in [-0.15, -0.1) is 0 Å². The maximum Gasteiger partial charge on any atom is 0.267 e. The largest absolute Gasteiger partial charge is 0.367 e. The van der Waals surface area contributed by atoms with Crippen LogP contribution in [-0.4, -0.2) is 49.8 Å². The van der Waals surface area contributed by atoms with Gasteiger partial charge in [0.15, 0.2) is 0 Å². The van der Waals surface area contributed by atoms with Gasteiger partial charge in [0, 0.05) is 25.9 Å². The SMILES string of the molecule is Cc1cn(C)c([C@@H]2CN(C(=O)Cn3nc(C)ccc3=O)CCO2)n1. The molecule has 1 aliphatic heterocycles. The van der Waals surface area contributed by atoms with Gasteiger partial charge in [-0.05, 0) is 19.9 Å². The van der Waals surface area contributed by atoms with Crippen molar-refractivity contribution in [2.24, 2.45) is 7.05 Å². The second-order valence-corrected chi connectivity index (χ2v) is 6.02. The average Bonchev–Trinajstić information content (AvgIpc) is 2.89. The molecule has 0 bridgehead atoms. The van der Waals surface area contributed by atoms with Crippen LogP contribution in [0.2, 0.25) is 0 Å². The molecule has 3 heterocycles. The Hall–Kier alpha value is -2.48. The number of aryl methyl sites for hydroxylation is 3. The van der Waals surface area contributed by atoms with Crippen LogP contribution in [0.3, 0.4) is 0 Å². The number of carbonyl (C=O) groups excluding carboxylic acids is 1. The third-order valence-electron chi connectivity index (χ3n) is 4.02. The Kier molecular flexibility index (Phi) is 4.48. The number of rotatable bonds is 3. The van der Waals surface area contributed by atoms with Crippen LogP contribution < -0.4 is 5.56 Å². The third kappa shape index (κ3) is 3.38. The number of ether oxygens (including phenoxy) is 1. The summed E-state index contributed by atoms with van der Waals surface area (Å²) in [5.74, 6) is 0.658. The molecular weight excluding hydrogens is 310 g/mol. The molecule has 0 N–H and O–H groups in total. The zero-order chi connectivity index (χ0) is 17.3. The van der Waals surface area contributed by atoms with Gasteiger partial charge in [0.2, 0.25) is 5.91 Å². The highest BCUT2D eigenvalue weighted by Crippen LogP contribution is 2.21. The summed E-state index contributed by atoms with van der Waals surface area (Å²) in [6.07, 6.45) is 1.67. The van der Waals surface area contributed by atoms with Crippen molar-refractivity contribution in [3.05, 3.63) is 45.9 Å². The lowest BCUT2D eigenvalue weighted by atomic mass is 10.2. The molecule has 128 valence electrons.